The summed E-state index contributed by atoms with van der Waals surface area (Å²) in [6.45, 7) is 2.79. The monoisotopic (exact) mass is 340 g/mol. The molecular formula is C16H21ClN2O2S. The second-order valence-corrected chi connectivity index (χ2v) is 6.87. The highest BCUT2D eigenvalue weighted by Gasteiger charge is 2.23. The van der Waals surface area contributed by atoms with Gasteiger partial charge in [0.15, 0.2) is 0 Å². The number of nitrogens with zero attached hydrogens (tertiary/aromatic N) is 1. The Morgan fingerprint density at radius 3 is 2.32 bits per heavy atom. The molecule has 0 aromatic heterocycles. The Bertz CT molecular complexity index is 690. The molecule has 2 rings (SSSR count). The van der Waals surface area contributed by atoms with Crippen molar-refractivity contribution < 1.29 is 8.42 Å². The van der Waals surface area contributed by atoms with Gasteiger partial charge in [-0.15, -0.1) is 12.4 Å². The van der Waals surface area contributed by atoms with Crippen molar-refractivity contribution in [1.82, 2.24) is 4.31 Å². The zero-order valence-electron chi connectivity index (χ0n) is 12.5. The highest BCUT2D eigenvalue weighted by molar-refractivity contribution is 7.89. The number of benzene rings is 2. The average Bonchev–Trinajstić information content (AvgIpc) is 2.48. The fourth-order valence-corrected chi connectivity index (χ4v) is 3.69. The average molecular weight is 341 g/mol. The Balaban J connectivity index is 0.00000242. The third kappa shape index (κ3) is 4.55. The third-order valence-electron chi connectivity index (χ3n) is 3.21. The van der Waals surface area contributed by atoms with E-state index in [0.717, 1.165) is 11.1 Å². The van der Waals surface area contributed by atoms with Crippen LogP contribution in [0.5, 0.6) is 0 Å². The van der Waals surface area contributed by atoms with E-state index in [4.69, 9.17) is 5.73 Å². The van der Waals surface area contributed by atoms with Crippen LogP contribution in [-0.2, 0) is 16.6 Å². The minimum absolute atomic E-state index is 0. The normalized spacial score (nSPS) is 11.2. The first-order valence-corrected chi connectivity index (χ1v) is 8.29. The summed E-state index contributed by atoms with van der Waals surface area (Å²) in [6.07, 6.45) is 0. The lowest BCUT2D eigenvalue weighted by Gasteiger charge is -2.22. The van der Waals surface area contributed by atoms with Crippen molar-refractivity contribution in [2.75, 3.05) is 13.1 Å². The predicted molar refractivity (Wildman–Crippen MR) is 91.5 cm³/mol. The summed E-state index contributed by atoms with van der Waals surface area (Å²) in [6, 6.07) is 16.5. The Morgan fingerprint density at radius 1 is 1.05 bits per heavy atom. The number of rotatable bonds is 6. The van der Waals surface area contributed by atoms with Gasteiger partial charge in [0.25, 0.3) is 0 Å². The van der Waals surface area contributed by atoms with Crippen LogP contribution in [0.4, 0.5) is 0 Å². The van der Waals surface area contributed by atoms with Gasteiger partial charge in [0, 0.05) is 19.6 Å². The molecule has 0 aliphatic rings. The molecule has 0 aliphatic carbocycles. The summed E-state index contributed by atoms with van der Waals surface area (Å²) < 4.78 is 26.9. The van der Waals surface area contributed by atoms with Crippen LogP contribution >= 0.6 is 12.4 Å². The van der Waals surface area contributed by atoms with Gasteiger partial charge in [-0.1, -0.05) is 42.5 Å². The molecule has 0 saturated carbocycles. The first-order chi connectivity index (χ1) is 10.0. The Hall–Kier alpha value is -1.40. The lowest BCUT2D eigenvalue weighted by Crippen LogP contribution is -2.34. The fraction of sp³-hybridized carbons (Fsp3) is 0.250. The van der Waals surface area contributed by atoms with Crippen molar-refractivity contribution >= 4 is 22.4 Å². The van der Waals surface area contributed by atoms with E-state index in [-0.39, 0.29) is 19.0 Å². The molecule has 0 spiro atoms. The quantitative estimate of drug-likeness (QED) is 0.879. The largest absolute Gasteiger partial charge is 0.329 e. The van der Waals surface area contributed by atoms with E-state index in [9.17, 15) is 8.42 Å². The molecule has 22 heavy (non-hydrogen) atoms. The van der Waals surface area contributed by atoms with Crippen LogP contribution in [-0.4, -0.2) is 25.8 Å². The van der Waals surface area contributed by atoms with E-state index in [0.29, 0.717) is 18.0 Å². The SMILES string of the molecule is Cc1cccc(S(=O)(=O)N(CCN)Cc2ccccc2)c1.Cl. The van der Waals surface area contributed by atoms with Gasteiger partial charge in [0.2, 0.25) is 10.0 Å². The summed E-state index contributed by atoms with van der Waals surface area (Å²) in [5.41, 5.74) is 7.45. The van der Waals surface area contributed by atoms with Gasteiger partial charge in [0.1, 0.15) is 0 Å². The molecule has 0 bridgehead atoms. The molecule has 120 valence electrons. The number of halogens is 1. The van der Waals surface area contributed by atoms with E-state index < -0.39 is 10.0 Å². The number of hydrogen-bond acceptors (Lipinski definition) is 3. The molecule has 0 saturated heterocycles. The van der Waals surface area contributed by atoms with Crippen molar-refractivity contribution in [3.05, 3.63) is 65.7 Å². The molecule has 0 heterocycles. The number of aryl methyl sites for hydroxylation is 1. The standard InChI is InChI=1S/C16H20N2O2S.ClH/c1-14-6-5-9-16(12-14)21(19,20)18(11-10-17)13-15-7-3-2-4-8-15;/h2-9,12H,10-11,13,17H2,1H3;1H. The minimum atomic E-state index is -3.53. The third-order valence-corrected chi connectivity index (χ3v) is 5.05. The van der Waals surface area contributed by atoms with Gasteiger partial charge in [-0.05, 0) is 30.2 Å². The van der Waals surface area contributed by atoms with Gasteiger partial charge < -0.3 is 5.73 Å². The van der Waals surface area contributed by atoms with Crippen molar-refractivity contribution in [1.29, 1.82) is 0 Å². The smallest absolute Gasteiger partial charge is 0.243 e. The van der Waals surface area contributed by atoms with Gasteiger partial charge in [-0.3, -0.25) is 0 Å². The Labute approximate surface area is 138 Å². The van der Waals surface area contributed by atoms with Crippen LogP contribution in [0.15, 0.2) is 59.5 Å². The number of hydrogen-bond donors (Lipinski definition) is 1. The van der Waals surface area contributed by atoms with Gasteiger partial charge in [-0.25, -0.2) is 8.42 Å². The molecule has 2 aromatic rings. The summed E-state index contributed by atoms with van der Waals surface area (Å²) in [5.74, 6) is 0. The van der Waals surface area contributed by atoms with E-state index in [1.807, 2.05) is 43.3 Å². The van der Waals surface area contributed by atoms with Crippen LogP contribution in [0.25, 0.3) is 0 Å². The molecule has 0 fully saturated rings. The molecule has 6 heteroatoms. The molecule has 0 unspecified atom stereocenters. The summed E-state index contributed by atoms with van der Waals surface area (Å²) in [7, 11) is -3.53. The molecule has 4 nitrogen and oxygen atoms in total. The topological polar surface area (TPSA) is 63.4 Å². The summed E-state index contributed by atoms with van der Waals surface area (Å²) in [5, 5.41) is 0. The zero-order chi connectivity index (χ0) is 15.3. The van der Waals surface area contributed by atoms with Gasteiger partial charge >= 0.3 is 0 Å². The van der Waals surface area contributed by atoms with Crippen molar-refractivity contribution in [2.45, 2.75) is 18.4 Å². The first kappa shape index (κ1) is 18.6. The highest BCUT2D eigenvalue weighted by Crippen LogP contribution is 2.19. The van der Waals surface area contributed by atoms with Crippen LogP contribution in [0, 0.1) is 6.92 Å². The Kier molecular flexibility index (Phi) is 7.03. The highest BCUT2D eigenvalue weighted by atomic mass is 35.5. The summed E-state index contributed by atoms with van der Waals surface area (Å²) in [4.78, 5) is 0.312. The lowest BCUT2D eigenvalue weighted by molar-refractivity contribution is 0.414. The molecule has 0 atom stereocenters. The van der Waals surface area contributed by atoms with Gasteiger partial charge in [0.05, 0.1) is 4.90 Å². The number of sulfonamides is 1. The molecule has 2 aromatic carbocycles. The van der Waals surface area contributed by atoms with Crippen molar-refractivity contribution in [2.24, 2.45) is 5.73 Å². The maximum Gasteiger partial charge on any atom is 0.243 e. The molecule has 0 amide bonds. The summed E-state index contributed by atoms with van der Waals surface area (Å²) >= 11 is 0. The van der Waals surface area contributed by atoms with E-state index >= 15 is 0 Å². The lowest BCUT2D eigenvalue weighted by atomic mass is 10.2. The van der Waals surface area contributed by atoms with Crippen molar-refractivity contribution in [3.63, 3.8) is 0 Å². The van der Waals surface area contributed by atoms with Gasteiger partial charge in [-0.2, -0.15) is 4.31 Å². The maximum absolute atomic E-state index is 12.7. The molecule has 0 aliphatic heterocycles. The maximum atomic E-state index is 12.7. The van der Waals surface area contributed by atoms with Crippen molar-refractivity contribution in [3.8, 4) is 0 Å². The van der Waals surface area contributed by atoms with Crippen LogP contribution in [0.1, 0.15) is 11.1 Å². The van der Waals surface area contributed by atoms with Crippen LogP contribution in [0.3, 0.4) is 0 Å². The van der Waals surface area contributed by atoms with Crippen LogP contribution in [0.2, 0.25) is 0 Å². The number of nitrogens with two attached hydrogens (primary N) is 1. The molecule has 2 N–H and O–H groups in total. The van der Waals surface area contributed by atoms with Crippen LogP contribution < -0.4 is 5.73 Å². The predicted octanol–water partition coefficient (Wildman–Crippen LogP) is 2.57. The fourth-order valence-electron chi connectivity index (χ4n) is 2.14. The van der Waals surface area contributed by atoms with E-state index in [1.165, 1.54) is 4.31 Å². The first-order valence-electron chi connectivity index (χ1n) is 6.85. The second kappa shape index (κ2) is 8.29. The van der Waals surface area contributed by atoms with E-state index in [1.54, 1.807) is 18.2 Å². The minimum Gasteiger partial charge on any atom is -0.329 e. The van der Waals surface area contributed by atoms with E-state index in [2.05, 4.69) is 0 Å². The molecular weight excluding hydrogens is 320 g/mol. The molecule has 0 radical (unpaired) electrons. The Morgan fingerprint density at radius 2 is 1.73 bits per heavy atom. The zero-order valence-corrected chi connectivity index (χ0v) is 14.1. The second-order valence-electron chi connectivity index (χ2n) is 4.93.